The number of rotatable bonds is 10. The lowest BCUT2D eigenvalue weighted by molar-refractivity contribution is -0.121. The Kier molecular flexibility index (Phi) is 8.87. The molecule has 1 amide bonds. The molecule has 0 aromatic heterocycles. The normalized spacial score (nSPS) is 14.9. The molecule has 2 rings (SSSR count). The summed E-state index contributed by atoms with van der Waals surface area (Å²) in [5, 5.41) is 3.04. The highest BCUT2D eigenvalue weighted by Gasteiger charge is 2.16. The van der Waals surface area contributed by atoms with Gasteiger partial charge >= 0.3 is 0 Å². The van der Waals surface area contributed by atoms with E-state index in [0.717, 1.165) is 36.5 Å². The van der Waals surface area contributed by atoms with Crippen LogP contribution in [0.5, 0.6) is 5.75 Å². The van der Waals surface area contributed by atoms with Gasteiger partial charge in [0.1, 0.15) is 5.75 Å². The van der Waals surface area contributed by atoms with Crippen LogP contribution in [0.15, 0.2) is 24.3 Å². The van der Waals surface area contributed by atoms with E-state index in [4.69, 9.17) is 4.74 Å². The van der Waals surface area contributed by atoms with Gasteiger partial charge < -0.3 is 10.1 Å². The number of ether oxygens (including phenoxy) is 1. The van der Waals surface area contributed by atoms with Crippen molar-refractivity contribution in [1.29, 1.82) is 0 Å². The molecule has 1 N–H and O–H groups in total. The predicted octanol–water partition coefficient (Wildman–Crippen LogP) is 4.23. The van der Waals surface area contributed by atoms with E-state index in [0.29, 0.717) is 12.2 Å². The lowest BCUT2D eigenvalue weighted by atomic mass is 10.1. The highest BCUT2D eigenvalue weighted by molar-refractivity contribution is 7.99. The molecule has 1 aliphatic rings. The molecule has 0 radical (unpaired) electrons. The summed E-state index contributed by atoms with van der Waals surface area (Å²) in [5.74, 6) is 3.00. The number of carbonyl (C=O) groups is 2. The molecule has 1 aromatic carbocycles. The summed E-state index contributed by atoms with van der Waals surface area (Å²) in [6.07, 6.45) is 5.96. The molecule has 1 heterocycles. The van der Waals surface area contributed by atoms with Gasteiger partial charge in [0, 0.05) is 24.4 Å². The van der Waals surface area contributed by atoms with E-state index in [1.54, 1.807) is 12.1 Å². The lowest BCUT2D eigenvalue weighted by Gasteiger charge is -2.22. The number of hydrogen-bond donors (Lipinski definition) is 1. The molecular weight excluding hydrogens is 334 g/mol. The molecule has 4 nitrogen and oxygen atoms in total. The van der Waals surface area contributed by atoms with Crippen molar-refractivity contribution in [1.82, 2.24) is 5.32 Å². The van der Waals surface area contributed by atoms with Crippen LogP contribution in [0, 0.1) is 0 Å². The summed E-state index contributed by atoms with van der Waals surface area (Å²) in [6, 6.07) is 7.52. The van der Waals surface area contributed by atoms with Gasteiger partial charge in [-0.2, -0.15) is 11.8 Å². The second-order valence-electron chi connectivity index (χ2n) is 6.46. The molecule has 1 aliphatic heterocycles. The number of benzene rings is 1. The van der Waals surface area contributed by atoms with Crippen LogP contribution < -0.4 is 10.1 Å². The number of Topliss-reactive ketones (excluding diaryl/α,β-unsaturated/α-hetero) is 1. The van der Waals surface area contributed by atoms with Crippen molar-refractivity contribution in [3.05, 3.63) is 29.8 Å². The maximum Gasteiger partial charge on any atom is 0.220 e. The molecule has 0 aliphatic carbocycles. The lowest BCUT2D eigenvalue weighted by Crippen LogP contribution is -2.37. The maximum absolute atomic E-state index is 12.2. The largest absolute Gasteiger partial charge is 0.494 e. The molecule has 25 heavy (non-hydrogen) atoms. The van der Waals surface area contributed by atoms with E-state index in [1.165, 1.54) is 12.8 Å². The Bertz CT molecular complexity index is 538. The minimum atomic E-state index is -0.0128. The van der Waals surface area contributed by atoms with Crippen molar-refractivity contribution in [2.24, 2.45) is 0 Å². The van der Waals surface area contributed by atoms with Gasteiger partial charge in [-0.05, 0) is 55.0 Å². The average Bonchev–Trinajstić information content (AvgIpc) is 2.64. The fourth-order valence-electron chi connectivity index (χ4n) is 2.79. The number of amides is 1. The van der Waals surface area contributed by atoms with Crippen molar-refractivity contribution < 1.29 is 14.3 Å². The van der Waals surface area contributed by atoms with Crippen LogP contribution in [0.1, 0.15) is 62.2 Å². The summed E-state index contributed by atoms with van der Waals surface area (Å²) in [4.78, 5) is 24.2. The zero-order chi connectivity index (χ0) is 17.9. The van der Waals surface area contributed by atoms with E-state index in [2.05, 4.69) is 12.2 Å². The Balaban J connectivity index is 1.69. The first-order chi connectivity index (χ1) is 12.2. The third kappa shape index (κ3) is 7.51. The van der Waals surface area contributed by atoms with Crippen molar-refractivity contribution in [2.75, 3.05) is 18.1 Å². The Morgan fingerprint density at radius 1 is 1.12 bits per heavy atom. The molecule has 1 fully saturated rings. The third-order valence-electron chi connectivity index (χ3n) is 4.36. The first kappa shape index (κ1) is 19.8. The molecule has 0 spiro atoms. The van der Waals surface area contributed by atoms with Crippen LogP contribution in [-0.4, -0.2) is 35.8 Å². The second-order valence-corrected chi connectivity index (χ2v) is 7.68. The van der Waals surface area contributed by atoms with Gasteiger partial charge in [-0.15, -0.1) is 0 Å². The zero-order valence-corrected chi connectivity index (χ0v) is 15.9. The summed E-state index contributed by atoms with van der Waals surface area (Å²) in [5.41, 5.74) is 0.641. The molecule has 0 bridgehead atoms. The van der Waals surface area contributed by atoms with Gasteiger partial charge in [-0.1, -0.05) is 19.8 Å². The first-order valence-corrected chi connectivity index (χ1v) is 10.5. The van der Waals surface area contributed by atoms with E-state index in [1.807, 2.05) is 23.9 Å². The van der Waals surface area contributed by atoms with Gasteiger partial charge in [0.15, 0.2) is 5.78 Å². The molecule has 0 atom stereocenters. The van der Waals surface area contributed by atoms with Gasteiger partial charge in [0.2, 0.25) is 5.91 Å². The second kappa shape index (κ2) is 11.2. The van der Waals surface area contributed by atoms with Crippen molar-refractivity contribution in [3.63, 3.8) is 0 Å². The topological polar surface area (TPSA) is 55.4 Å². The molecule has 1 saturated heterocycles. The van der Waals surface area contributed by atoms with Gasteiger partial charge in [0.25, 0.3) is 0 Å². The standard InChI is InChI=1S/C20H29NO3S/c1-2-3-4-13-24-18-7-5-16(6-8-18)19(22)9-10-20(23)21-17-11-14-25-15-12-17/h5-8,17H,2-4,9-15H2,1H3,(H,21,23). The van der Waals surface area contributed by atoms with E-state index in [9.17, 15) is 9.59 Å². The van der Waals surface area contributed by atoms with Crippen LogP contribution in [0.2, 0.25) is 0 Å². The quantitative estimate of drug-likeness (QED) is 0.499. The minimum absolute atomic E-state index is 0.00637. The van der Waals surface area contributed by atoms with Crippen LogP contribution in [0.4, 0.5) is 0 Å². The highest BCUT2D eigenvalue weighted by Crippen LogP contribution is 2.17. The summed E-state index contributed by atoms with van der Waals surface area (Å²) in [6.45, 7) is 2.87. The fourth-order valence-corrected chi connectivity index (χ4v) is 3.90. The SMILES string of the molecule is CCCCCOc1ccc(C(=O)CCC(=O)NC2CCSCC2)cc1. The number of hydrogen-bond acceptors (Lipinski definition) is 4. The van der Waals surface area contributed by atoms with Gasteiger partial charge in [-0.25, -0.2) is 0 Å². The van der Waals surface area contributed by atoms with Crippen LogP contribution in [0.25, 0.3) is 0 Å². The van der Waals surface area contributed by atoms with Gasteiger partial charge in [-0.3, -0.25) is 9.59 Å². The predicted molar refractivity (Wildman–Crippen MR) is 104 cm³/mol. The number of carbonyl (C=O) groups excluding carboxylic acids is 2. The average molecular weight is 364 g/mol. The summed E-state index contributed by atoms with van der Waals surface area (Å²) in [7, 11) is 0. The number of nitrogens with one attached hydrogen (secondary N) is 1. The van der Waals surface area contributed by atoms with E-state index >= 15 is 0 Å². The van der Waals surface area contributed by atoms with Gasteiger partial charge in [0.05, 0.1) is 6.61 Å². The van der Waals surface area contributed by atoms with Crippen molar-refractivity contribution >= 4 is 23.5 Å². The van der Waals surface area contributed by atoms with Crippen LogP contribution in [-0.2, 0) is 4.79 Å². The first-order valence-electron chi connectivity index (χ1n) is 9.32. The highest BCUT2D eigenvalue weighted by atomic mass is 32.2. The molecule has 0 unspecified atom stereocenters. The smallest absolute Gasteiger partial charge is 0.220 e. The third-order valence-corrected chi connectivity index (χ3v) is 5.41. The Morgan fingerprint density at radius 2 is 1.84 bits per heavy atom. The molecule has 0 saturated carbocycles. The molecule has 1 aromatic rings. The zero-order valence-electron chi connectivity index (χ0n) is 15.1. The minimum Gasteiger partial charge on any atom is -0.494 e. The van der Waals surface area contributed by atoms with E-state index in [-0.39, 0.29) is 30.6 Å². The maximum atomic E-state index is 12.2. The Morgan fingerprint density at radius 3 is 2.52 bits per heavy atom. The number of thioether (sulfide) groups is 1. The Hall–Kier alpha value is -1.49. The van der Waals surface area contributed by atoms with Crippen molar-refractivity contribution in [2.45, 2.75) is 57.9 Å². The molecular formula is C20H29NO3S. The summed E-state index contributed by atoms with van der Waals surface area (Å²) < 4.78 is 5.65. The fraction of sp³-hybridized carbons (Fsp3) is 0.600. The molecule has 5 heteroatoms. The monoisotopic (exact) mass is 363 g/mol. The van der Waals surface area contributed by atoms with Crippen LogP contribution >= 0.6 is 11.8 Å². The summed E-state index contributed by atoms with van der Waals surface area (Å²) >= 11 is 1.93. The number of unbranched alkanes of at least 4 members (excludes halogenated alkanes) is 2. The Labute approximate surface area is 155 Å². The van der Waals surface area contributed by atoms with Crippen LogP contribution in [0.3, 0.4) is 0 Å². The van der Waals surface area contributed by atoms with E-state index < -0.39 is 0 Å². The molecule has 138 valence electrons. The van der Waals surface area contributed by atoms with Crippen molar-refractivity contribution in [3.8, 4) is 5.75 Å². The number of ketones is 1.